The molecule has 2 unspecified atom stereocenters. The topological polar surface area (TPSA) is 55.5 Å². The minimum Gasteiger partial charge on any atom is -0.461 e. The lowest BCUT2D eigenvalue weighted by Gasteiger charge is -2.11. The van der Waals surface area contributed by atoms with E-state index in [1.807, 2.05) is 18.2 Å². The summed E-state index contributed by atoms with van der Waals surface area (Å²) in [5.74, 6) is 0.708. The van der Waals surface area contributed by atoms with Crippen molar-refractivity contribution >= 4 is 0 Å². The predicted molar refractivity (Wildman–Crippen MR) is 125 cm³/mol. The summed E-state index contributed by atoms with van der Waals surface area (Å²) in [4.78, 5) is 0. The van der Waals surface area contributed by atoms with Crippen LogP contribution >= 0.6 is 0 Å². The van der Waals surface area contributed by atoms with E-state index in [0.29, 0.717) is 5.75 Å². The van der Waals surface area contributed by atoms with Gasteiger partial charge in [-0.25, -0.2) is 0 Å². The van der Waals surface area contributed by atoms with Gasteiger partial charge in [0.1, 0.15) is 5.75 Å². The minimum absolute atomic E-state index is 0.237. The highest BCUT2D eigenvalue weighted by Crippen LogP contribution is 2.17. The van der Waals surface area contributed by atoms with Crippen LogP contribution in [0.4, 0.5) is 0 Å². The second-order valence-electron chi connectivity index (χ2n) is 8.26. The first-order valence-corrected chi connectivity index (χ1v) is 12.0. The normalized spacial score (nSPS) is 13.7. The Labute approximate surface area is 179 Å². The van der Waals surface area contributed by atoms with Gasteiger partial charge < -0.3 is 15.6 Å². The van der Waals surface area contributed by atoms with Crippen LogP contribution in [0.5, 0.6) is 5.75 Å². The maximum absolute atomic E-state index is 9.96. The molecule has 0 saturated heterocycles. The average molecular weight is 404 g/mol. The maximum Gasteiger partial charge on any atom is 0.217 e. The second kappa shape index (κ2) is 17.5. The molecule has 1 aromatic carbocycles. The molecule has 0 heterocycles. The first-order chi connectivity index (χ1) is 14.2. The Morgan fingerprint density at radius 3 is 2.07 bits per heavy atom. The van der Waals surface area contributed by atoms with Crippen LogP contribution in [0.15, 0.2) is 36.4 Å². The van der Waals surface area contributed by atoms with E-state index >= 15 is 0 Å². The van der Waals surface area contributed by atoms with Gasteiger partial charge in [0.15, 0.2) is 0 Å². The van der Waals surface area contributed by atoms with Gasteiger partial charge in [-0.1, -0.05) is 89.8 Å². The van der Waals surface area contributed by atoms with E-state index in [4.69, 9.17) is 10.5 Å². The SMILES string of the molecule is CCCCCCCCCCCCc1ccc(OC(O)C=CCCC(N)CC)cc1. The molecule has 0 aliphatic carbocycles. The molecule has 0 bridgehead atoms. The first kappa shape index (κ1) is 25.7. The third-order valence-corrected chi connectivity index (χ3v) is 5.53. The van der Waals surface area contributed by atoms with Gasteiger partial charge in [-0.15, -0.1) is 0 Å². The Bertz CT molecular complexity index is 512. The number of hydrogen-bond acceptors (Lipinski definition) is 3. The highest BCUT2D eigenvalue weighted by Gasteiger charge is 2.02. The number of rotatable bonds is 18. The average Bonchev–Trinajstić information content (AvgIpc) is 2.73. The molecule has 3 nitrogen and oxygen atoms in total. The van der Waals surface area contributed by atoms with Gasteiger partial charge in [0, 0.05) is 6.04 Å². The summed E-state index contributed by atoms with van der Waals surface area (Å²) >= 11 is 0. The molecule has 1 rings (SSSR count). The summed E-state index contributed by atoms with van der Waals surface area (Å²) in [6, 6.07) is 8.37. The number of benzene rings is 1. The summed E-state index contributed by atoms with van der Waals surface area (Å²) in [6.07, 6.45) is 20.3. The molecule has 166 valence electrons. The molecule has 0 fully saturated rings. The van der Waals surface area contributed by atoms with Crippen LogP contribution in [0.25, 0.3) is 0 Å². The van der Waals surface area contributed by atoms with Crippen LogP contribution in [0.2, 0.25) is 0 Å². The molecule has 3 heteroatoms. The van der Waals surface area contributed by atoms with E-state index in [0.717, 1.165) is 25.7 Å². The third kappa shape index (κ3) is 14.3. The molecule has 2 atom stereocenters. The Balaban J connectivity index is 2.10. The molecular weight excluding hydrogens is 358 g/mol. The van der Waals surface area contributed by atoms with Crippen LogP contribution in [0.3, 0.4) is 0 Å². The minimum atomic E-state index is -0.902. The fourth-order valence-corrected chi connectivity index (χ4v) is 3.46. The summed E-state index contributed by atoms with van der Waals surface area (Å²) in [5.41, 5.74) is 7.23. The van der Waals surface area contributed by atoms with Crippen molar-refractivity contribution in [1.82, 2.24) is 0 Å². The van der Waals surface area contributed by atoms with Gasteiger partial charge in [0.25, 0.3) is 0 Å². The van der Waals surface area contributed by atoms with Gasteiger partial charge in [0.05, 0.1) is 0 Å². The molecule has 3 N–H and O–H groups in total. The molecule has 1 aromatic rings. The van der Waals surface area contributed by atoms with E-state index in [9.17, 15) is 5.11 Å². The molecule has 0 radical (unpaired) electrons. The largest absolute Gasteiger partial charge is 0.461 e. The first-order valence-electron chi connectivity index (χ1n) is 12.0. The zero-order valence-electron chi connectivity index (χ0n) is 19.0. The van der Waals surface area contributed by atoms with E-state index in [1.165, 1.54) is 69.8 Å². The summed E-state index contributed by atoms with van der Waals surface area (Å²) in [6.45, 7) is 4.36. The van der Waals surface area contributed by atoms with Gasteiger partial charge in [-0.3, -0.25) is 0 Å². The van der Waals surface area contributed by atoms with Crippen molar-refractivity contribution in [1.29, 1.82) is 0 Å². The summed E-state index contributed by atoms with van der Waals surface area (Å²) in [7, 11) is 0. The van der Waals surface area contributed by atoms with Crippen LogP contribution in [-0.4, -0.2) is 17.4 Å². The molecule has 29 heavy (non-hydrogen) atoms. The van der Waals surface area contributed by atoms with Crippen LogP contribution < -0.4 is 10.5 Å². The lowest BCUT2D eigenvalue weighted by Crippen LogP contribution is -2.17. The van der Waals surface area contributed by atoms with Crippen LogP contribution in [0, 0.1) is 0 Å². The lowest BCUT2D eigenvalue weighted by atomic mass is 10.0. The van der Waals surface area contributed by atoms with Gasteiger partial charge >= 0.3 is 0 Å². The molecule has 0 aliphatic heterocycles. The van der Waals surface area contributed by atoms with Gasteiger partial charge in [0.2, 0.25) is 6.29 Å². The summed E-state index contributed by atoms with van der Waals surface area (Å²) < 4.78 is 5.55. The van der Waals surface area contributed by atoms with Crippen molar-refractivity contribution in [2.24, 2.45) is 5.73 Å². The number of ether oxygens (including phenoxy) is 1. The van der Waals surface area contributed by atoms with E-state index < -0.39 is 6.29 Å². The van der Waals surface area contributed by atoms with E-state index in [-0.39, 0.29) is 6.04 Å². The lowest BCUT2D eigenvalue weighted by molar-refractivity contribution is 0.0245. The fraction of sp³-hybridized carbons (Fsp3) is 0.692. The predicted octanol–water partition coefficient (Wildman–Crippen LogP) is 6.92. The van der Waals surface area contributed by atoms with Crippen molar-refractivity contribution in [2.45, 2.75) is 116 Å². The van der Waals surface area contributed by atoms with Crippen molar-refractivity contribution in [3.8, 4) is 5.75 Å². The number of allylic oxidation sites excluding steroid dienone is 1. The molecular formula is C26H45NO2. The molecule has 0 amide bonds. The second-order valence-corrected chi connectivity index (χ2v) is 8.26. The number of nitrogens with two attached hydrogens (primary N) is 1. The van der Waals surface area contributed by atoms with Gasteiger partial charge in [-0.2, -0.15) is 0 Å². The van der Waals surface area contributed by atoms with Crippen molar-refractivity contribution in [3.05, 3.63) is 42.0 Å². The number of aliphatic hydroxyl groups excluding tert-OH is 1. The maximum atomic E-state index is 9.96. The van der Waals surface area contributed by atoms with Gasteiger partial charge in [-0.05, 0) is 55.9 Å². The van der Waals surface area contributed by atoms with E-state index in [2.05, 4.69) is 26.0 Å². The zero-order chi connectivity index (χ0) is 21.2. The Hall–Kier alpha value is -1.32. The molecule has 0 aliphatic rings. The number of hydrogen-bond donors (Lipinski definition) is 2. The van der Waals surface area contributed by atoms with Crippen molar-refractivity contribution < 1.29 is 9.84 Å². The van der Waals surface area contributed by atoms with E-state index in [1.54, 1.807) is 6.08 Å². The standard InChI is InChI=1S/C26H45NO2/c1-3-5-6-7-8-9-10-11-12-13-16-23-19-21-25(22-20-23)29-26(28)18-15-14-17-24(27)4-2/h15,18-22,24,26,28H,3-14,16-17,27H2,1-2H3. The number of aryl methyl sites for hydroxylation is 1. The molecule has 0 aromatic heterocycles. The molecule has 0 saturated carbocycles. The highest BCUT2D eigenvalue weighted by atomic mass is 16.6. The van der Waals surface area contributed by atoms with Crippen molar-refractivity contribution in [2.75, 3.05) is 0 Å². The Morgan fingerprint density at radius 2 is 1.48 bits per heavy atom. The quantitative estimate of drug-likeness (QED) is 0.159. The highest BCUT2D eigenvalue weighted by molar-refractivity contribution is 5.27. The third-order valence-electron chi connectivity index (χ3n) is 5.53. The van der Waals surface area contributed by atoms with Crippen LogP contribution in [0.1, 0.15) is 103 Å². The van der Waals surface area contributed by atoms with Crippen molar-refractivity contribution in [3.63, 3.8) is 0 Å². The fourth-order valence-electron chi connectivity index (χ4n) is 3.46. The Morgan fingerprint density at radius 1 is 0.897 bits per heavy atom. The number of unbranched alkanes of at least 4 members (excludes halogenated alkanes) is 9. The zero-order valence-corrected chi connectivity index (χ0v) is 19.0. The number of aliphatic hydroxyl groups is 1. The summed E-state index contributed by atoms with van der Waals surface area (Å²) in [5, 5.41) is 9.96. The Kier molecular flexibility index (Phi) is 15.5. The monoisotopic (exact) mass is 403 g/mol. The molecule has 0 spiro atoms. The van der Waals surface area contributed by atoms with Crippen LogP contribution in [-0.2, 0) is 6.42 Å². The smallest absolute Gasteiger partial charge is 0.217 e.